The molecule has 2 heterocycles. The summed E-state index contributed by atoms with van der Waals surface area (Å²) < 4.78 is 6.73. The van der Waals surface area contributed by atoms with Crippen molar-refractivity contribution in [3.05, 3.63) is 52.0 Å². The van der Waals surface area contributed by atoms with Gasteiger partial charge in [0.05, 0.1) is 21.8 Å². The van der Waals surface area contributed by atoms with E-state index in [0.29, 0.717) is 17.7 Å². The van der Waals surface area contributed by atoms with Crippen LogP contribution in [0.1, 0.15) is 25.3 Å². The molecule has 7 heteroatoms. The summed E-state index contributed by atoms with van der Waals surface area (Å²) >= 11 is 13.9. The maximum absolute atomic E-state index is 6.19. The highest BCUT2D eigenvalue weighted by Gasteiger charge is 2.20. The second-order valence-corrected chi connectivity index (χ2v) is 8.90. The zero-order valence-electron chi connectivity index (χ0n) is 15.8. The lowest BCUT2D eigenvalue weighted by atomic mass is 10.0. The Balaban J connectivity index is 1.32. The van der Waals surface area contributed by atoms with E-state index < -0.39 is 0 Å². The van der Waals surface area contributed by atoms with Crippen molar-refractivity contribution in [2.45, 2.75) is 32.4 Å². The van der Waals surface area contributed by atoms with Crippen molar-refractivity contribution in [1.82, 2.24) is 9.88 Å². The second-order valence-electron chi connectivity index (χ2n) is 7.02. The number of piperidine rings is 1. The van der Waals surface area contributed by atoms with Crippen molar-refractivity contribution in [3.8, 4) is 5.75 Å². The number of fused-ring (bicyclic) bond motifs is 1. The van der Waals surface area contributed by atoms with E-state index in [1.807, 2.05) is 31.2 Å². The Bertz CT molecular complexity index is 954. The third-order valence-electron chi connectivity index (χ3n) is 4.97. The highest BCUT2D eigenvalue weighted by Crippen LogP contribution is 2.30. The average Bonchev–Trinajstić information content (AvgIpc) is 3.07. The Kier molecular flexibility index (Phi) is 6.26. The van der Waals surface area contributed by atoms with Crippen molar-refractivity contribution >= 4 is 49.9 Å². The minimum Gasteiger partial charge on any atom is -0.492 e. The van der Waals surface area contributed by atoms with Gasteiger partial charge in [0.25, 0.3) is 0 Å². The number of benzene rings is 2. The minimum atomic E-state index is 0.455. The number of nitrogens with one attached hydrogen (secondary N) is 1. The van der Waals surface area contributed by atoms with E-state index in [2.05, 4.69) is 27.3 Å². The fraction of sp³-hybridized carbons (Fsp3) is 0.381. The number of nitrogens with zero attached hydrogens (tertiary/aromatic N) is 2. The first-order chi connectivity index (χ1) is 13.6. The Morgan fingerprint density at radius 2 is 2.00 bits per heavy atom. The zero-order valence-corrected chi connectivity index (χ0v) is 18.1. The van der Waals surface area contributed by atoms with Crippen LogP contribution >= 0.6 is 34.5 Å². The van der Waals surface area contributed by atoms with Gasteiger partial charge in [0.15, 0.2) is 5.13 Å². The van der Waals surface area contributed by atoms with E-state index in [1.54, 1.807) is 11.3 Å². The fourth-order valence-corrected chi connectivity index (χ4v) is 4.93. The minimum absolute atomic E-state index is 0.455. The molecule has 0 spiro atoms. The number of aromatic nitrogens is 1. The summed E-state index contributed by atoms with van der Waals surface area (Å²) in [5.41, 5.74) is 2.24. The molecular weight excluding hydrogens is 413 g/mol. The van der Waals surface area contributed by atoms with Crippen molar-refractivity contribution in [2.24, 2.45) is 0 Å². The van der Waals surface area contributed by atoms with Gasteiger partial charge in [-0.05, 0) is 55.7 Å². The number of ether oxygens (including phenoxy) is 1. The van der Waals surface area contributed by atoms with Crippen LogP contribution in [0.4, 0.5) is 5.13 Å². The average molecular weight is 436 g/mol. The number of likely N-dealkylation sites (tertiary alicyclic amines) is 1. The quantitative estimate of drug-likeness (QED) is 0.508. The Morgan fingerprint density at radius 3 is 2.79 bits per heavy atom. The molecule has 0 amide bonds. The van der Waals surface area contributed by atoms with E-state index in [9.17, 15) is 0 Å². The predicted octanol–water partition coefficient (Wildman–Crippen LogP) is 6.08. The standard InChI is InChI=1S/C21H23Cl2N3OS/c1-2-27-19-11-14(3-5-17(19)23)13-26-9-7-16(8-10-26)24-21-25-18-6-4-15(22)12-20(18)28-21/h3-6,11-12,16H,2,7-10,13H2,1H3,(H,24,25). The molecule has 28 heavy (non-hydrogen) atoms. The van der Waals surface area contributed by atoms with Gasteiger partial charge in [-0.2, -0.15) is 0 Å². The van der Waals surface area contributed by atoms with Crippen LogP contribution in [-0.4, -0.2) is 35.6 Å². The second kappa shape index (κ2) is 8.87. The molecular formula is C21H23Cl2N3OS. The molecule has 148 valence electrons. The summed E-state index contributed by atoms with van der Waals surface area (Å²) in [4.78, 5) is 7.16. The van der Waals surface area contributed by atoms with Crippen LogP contribution in [0.2, 0.25) is 10.0 Å². The van der Waals surface area contributed by atoms with Gasteiger partial charge in [-0.3, -0.25) is 4.90 Å². The maximum atomic E-state index is 6.19. The first kappa shape index (κ1) is 19.8. The molecule has 0 radical (unpaired) electrons. The molecule has 1 aliphatic rings. The summed E-state index contributed by atoms with van der Waals surface area (Å²) in [6.07, 6.45) is 2.20. The van der Waals surface area contributed by atoms with E-state index in [0.717, 1.165) is 58.6 Å². The first-order valence-electron chi connectivity index (χ1n) is 9.57. The van der Waals surface area contributed by atoms with Crippen LogP contribution in [0.5, 0.6) is 5.75 Å². The van der Waals surface area contributed by atoms with E-state index >= 15 is 0 Å². The third-order valence-corrected chi connectivity index (χ3v) is 6.46. The molecule has 4 rings (SSSR count). The van der Waals surface area contributed by atoms with Gasteiger partial charge in [-0.15, -0.1) is 0 Å². The molecule has 1 fully saturated rings. The summed E-state index contributed by atoms with van der Waals surface area (Å²) in [6.45, 7) is 5.63. The van der Waals surface area contributed by atoms with Crippen molar-refractivity contribution in [1.29, 1.82) is 0 Å². The summed E-state index contributed by atoms with van der Waals surface area (Å²) in [5, 5.41) is 6.02. The molecule has 1 aliphatic heterocycles. The van der Waals surface area contributed by atoms with Crippen LogP contribution in [-0.2, 0) is 6.54 Å². The van der Waals surface area contributed by atoms with Crippen molar-refractivity contribution in [3.63, 3.8) is 0 Å². The molecule has 1 saturated heterocycles. The molecule has 0 aliphatic carbocycles. The number of hydrogen-bond donors (Lipinski definition) is 1. The molecule has 4 nitrogen and oxygen atoms in total. The highest BCUT2D eigenvalue weighted by molar-refractivity contribution is 7.22. The first-order valence-corrected chi connectivity index (χ1v) is 11.1. The monoisotopic (exact) mass is 435 g/mol. The van der Waals surface area contributed by atoms with E-state index in [4.69, 9.17) is 27.9 Å². The lowest BCUT2D eigenvalue weighted by Crippen LogP contribution is -2.38. The molecule has 0 saturated carbocycles. The van der Waals surface area contributed by atoms with Crippen LogP contribution in [0.15, 0.2) is 36.4 Å². The normalized spacial score (nSPS) is 15.8. The van der Waals surface area contributed by atoms with Crippen molar-refractivity contribution in [2.75, 3.05) is 25.0 Å². The molecule has 3 aromatic rings. The Labute approximate surface area is 179 Å². The summed E-state index contributed by atoms with van der Waals surface area (Å²) in [7, 11) is 0. The van der Waals surface area contributed by atoms with Gasteiger partial charge in [0, 0.05) is 30.7 Å². The number of thiazole rings is 1. The molecule has 0 unspecified atom stereocenters. The topological polar surface area (TPSA) is 37.4 Å². The maximum Gasteiger partial charge on any atom is 0.184 e. The van der Waals surface area contributed by atoms with Gasteiger partial charge in [0.2, 0.25) is 0 Å². The molecule has 0 bridgehead atoms. The van der Waals surface area contributed by atoms with Crippen LogP contribution in [0, 0.1) is 0 Å². The largest absolute Gasteiger partial charge is 0.492 e. The number of rotatable bonds is 6. The Morgan fingerprint density at radius 1 is 1.18 bits per heavy atom. The Hall–Kier alpha value is -1.53. The lowest BCUT2D eigenvalue weighted by Gasteiger charge is -2.32. The van der Waals surface area contributed by atoms with Gasteiger partial charge in [-0.25, -0.2) is 4.98 Å². The van der Waals surface area contributed by atoms with Gasteiger partial charge >= 0.3 is 0 Å². The molecule has 1 aromatic heterocycles. The van der Waals surface area contributed by atoms with E-state index in [1.165, 1.54) is 5.56 Å². The van der Waals surface area contributed by atoms with Crippen LogP contribution in [0.3, 0.4) is 0 Å². The molecule has 1 N–H and O–H groups in total. The van der Waals surface area contributed by atoms with Gasteiger partial charge in [0.1, 0.15) is 5.75 Å². The summed E-state index contributed by atoms with van der Waals surface area (Å²) in [5.74, 6) is 0.772. The van der Waals surface area contributed by atoms with Crippen LogP contribution < -0.4 is 10.1 Å². The summed E-state index contributed by atoms with van der Waals surface area (Å²) in [6, 6.07) is 12.4. The predicted molar refractivity (Wildman–Crippen MR) is 119 cm³/mol. The number of hydrogen-bond acceptors (Lipinski definition) is 5. The number of halogens is 2. The van der Waals surface area contributed by atoms with Crippen molar-refractivity contribution < 1.29 is 4.74 Å². The fourth-order valence-electron chi connectivity index (χ4n) is 3.54. The smallest absolute Gasteiger partial charge is 0.184 e. The lowest BCUT2D eigenvalue weighted by molar-refractivity contribution is 0.211. The van der Waals surface area contributed by atoms with E-state index in [-0.39, 0.29) is 0 Å². The van der Waals surface area contributed by atoms with Gasteiger partial charge in [-0.1, -0.05) is 40.6 Å². The van der Waals surface area contributed by atoms with Crippen LogP contribution in [0.25, 0.3) is 10.2 Å². The molecule has 0 atom stereocenters. The molecule has 2 aromatic carbocycles. The SMILES string of the molecule is CCOc1cc(CN2CCC(Nc3nc4ccc(Cl)cc4s3)CC2)ccc1Cl. The van der Waals surface area contributed by atoms with Gasteiger partial charge < -0.3 is 10.1 Å². The third kappa shape index (κ3) is 4.71. The zero-order chi connectivity index (χ0) is 19.5. The number of anilines is 1. The highest BCUT2D eigenvalue weighted by atomic mass is 35.5.